The lowest BCUT2D eigenvalue weighted by molar-refractivity contribution is -0.140. The van der Waals surface area contributed by atoms with Crippen molar-refractivity contribution in [2.24, 2.45) is 0 Å². The maximum absolute atomic E-state index is 10.9. The zero-order chi connectivity index (χ0) is 13.9. The zero-order valence-corrected chi connectivity index (χ0v) is 13.4. The van der Waals surface area contributed by atoms with Crippen LogP contribution < -0.4 is 0 Å². The van der Waals surface area contributed by atoms with Gasteiger partial charge in [0.25, 0.3) is 0 Å². The monoisotopic (exact) mass is 268 g/mol. The van der Waals surface area contributed by atoms with Crippen LogP contribution in [0, 0.1) is 0 Å². The minimum atomic E-state index is -0.877. The van der Waals surface area contributed by atoms with E-state index in [0.29, 0.717) is 6.42 Å². The molecule has 0 aliphatic heterocycles. The number of esters is 1. The molecule has 0 bridgehead atoms. The molecule has 0 fully saturated rings. The number of ether oxygens (including phenoxy) is 1. The third kappa shape index (κ3) is 13.2. The van der Waals surface area contributed by atoms with Crippen molar-refractivity contribution >= 4 is 14.0 Å². The molecule has 0 saturated heterocycles. The molecule has 3 heteroatoms. The predicted molar refractivity (Wildman–Crippen MR) is 81.5 cm³/mol. The molecule has 0 radical (unpaired) electrons. The van der Waals surface area contributed by atoms with Crippen molar-refractivity contribution in [3.05, 3.63) is 24.3 Å². The average molecular weight is 268 g/mol. The minimum absolute atomic E-state index is 0.106. The van der Waals surface area contributed by atoms with Gasteiger partial charge < -0.3 is 4.74 Å². The lowest BCUT2D eigenvalue weighted by Crippen LogP contribution is -2.18. The summed E-state index contributed by atoms with van der Waals surface area (Å²) in [5.74, 6) is -0.106. The Morgan fingerprint density at radius 2 is 1.67 bits per heavy atom. The Morgan fingerprint density at radius 3 is 2.22 bits per heavy atom. The van der Waals surface area contributed by atoms with E-state index in [2.05, 4.69) is 48.7 Å². The Morgan fingerprint density at radius 1 is 1.06 bits per heavy atom. The molecule has 0 saturated carbocycles. The molecule has 0 aromatic rings. The second kappa shape index (κ2) is 10.1. The molecule has 18 heavy (non-hydrogen) atoms. The normalized spacial score (nSPS) is 12.4. The van der Waals surface area contributed by atoms with E-state index < -0.39 is 8.07 Å². The molecule has 0 atom stereocenters. The van der Waals surface area contributed by atoms with Crippen molar-refractivity contribution in [3.8, 4) is 0 Å². The van der Waals surface area contributed by atoms with Gasteiger partial charge in [0.1, 0.15) is 0 Å². The highest BCUT2D eigenvalue weighted by Gasteiger charge is 2.10. The van der Waals surface area contributed by atoms with E-state index in [-0.39, 0.29) is 5.97 Å². The molecule has 0 unspecified atom stereocenters. The van der Waals surface area contributed by atoms with Gasteiger partial charge in [-0.3, -0.25) is 4.79 Å². The van der Waals surface area contributed by atoms with Crippen LogP contribution in [0.15, 0.2) is 24.3 Å². The van der Waals surface area contributed by atoms with E-state index in [0.717, 1.165) is 19.3 Å². The van der Waals surface area contributed by atoms with E-state index in [4.69, 9.17) is 0 Å². The maximum Gasteiger partial charge on any atom is 0.305 e. The van der Waals surface area contributed by atoms with Gasteiger partial charge in [0.15, 0.2) is 0 Å². The number of hydrogen-bond acceptors (Lipinski definition) is 2. The number of methoxy groups -OCH3 is 1. The first-order chi connectivity index (χ1) is 8.45. The fourth-order valence-corrected chi connectivity index (χ4v) is 2.53. The summed E-state index contributed by atoms with van der Waals surface area (Å²) in [7, 11) is 0.561. The molecule has 0 aliphatic carbocycles. The molecule has 0 heterocycles. The molecule has 0 amide bonds. The van der Waals surface area contributed by atoms with E-state index in [1.54, 1.807) is 0 Å². The zero-order valence-electron chi connectivity index (χ0n) is 12.4. The molecule has 2 nitrogen and oxygen atoms in total. The van der Waals surface area contributed by atoms with Crippen molar-refractivity contribution < 1.29 is 9.53 Å². The summed E-state index contributed by atoms with van der Waals surface area (Å²) in [6.45, 7) is 7.20. The summed E-state index contributed by atoms with van der Waals surface area (Å²) in [6, 6.07) is 1.36. The summed E-state index contributed by atoms with van der Waals surface area (Å²) in [6.07, 6.45) is 13.4. The molecule has 0 aliphatic rings. The Hall–Kier alpha value is -0.833. The van der Waals surface area contributed by atoms with Gasteiger partial charge in [-0.25, -0.2) is 0 Å². The van der Waals surface area contributed by atoms with Crippen molar-refractivity contribution in [1.82, 2.24) is 0 Å². The highest BCUT2D eigenvalue weighted by atomic mass is 28.3. The third-order valence-electron chi connectivity index (χ3n) is 2.67. The fraction of sp³-hybridized carbons (Fsp3) is 0.667. The summed E-state index contributed by atoms with van der Waals surface area (Å²) in [5.41, 5.74) is 0. The summed E-state index contributed by atoms with van der Waals surface area (Å²) in [5, 5.41) is 0. The topological polar surface area (TPSA) is 26.3 Å². The van der Waals surface area contributed by atoms with Crippen LogP contribution in [0.3, 0.4) is 0 Å². The first kappa shape index (κ1) is 17.2. The number of rotatable bonds is 9. The summed E-state index contributed by atoms with van der Waals surface area (Å²) < 4.78 is 4.58. The highest BCUT2D eigenvalue weighted by Crippen LogP contribution is 2.11. The smallest absolute Gasteiger partial charge is 0.305 e. The van der Waals surface area contributed by atoms with Gasteiger partial charge in [-0.15, -0.1) is 0 Å². The lowest BCUT2D eigenvalue weighted by atomic mass is 10.2. The van der Waals surface area contributed by atoms with Crippen LogP contribution in [0.25, 0.3) is 0 Å². The summed E-state index contributed by atoms with van der Waals surface area (Å²) >= 11 is 0. The van der Waals surface area contributed by atoms with Gasteiger partial charge in [0, 0.05) is 14.5 Å². The number of unbranched alkanes of at least 4 members (excludes halogenated alkanes) is 2. The van der Waals surface area contributed by atoms with Crippen LogP contribution in [-0.4, -0.2) is 21.2 Å². The predicted octanol–water partition coefficient (Wildman–Crippen LogP) is 4.56. The Labute approximate surface area is 113 Å². The van der Waals surface area contributed by atoms with Crippen LogP contribution >= 0.6 is 0 Å². The van der Waals surface area contributed by atoms with E-state index >= 15 is 0 Å². The second-order valence-electron chi connectivity index (χ2n) is 5.78. The van der Waals surface area contributed by atoms with Crippen LogP contribution in [0.5, 0.6) is 0 Å². The second-order valence-corrected chi connectivity index (χ2v) is 11.4. The first-order valence-corrected chi connectivity index (χ1v) is 10.5. The van der Waals surface area contributed by atoms with Gasteiger partial charge >= 0.3 is 5.97 Å². The molecule has 0 spiro atoms. The van der Waals surface area contributed by atoms with Gasteiger partial charge in [-0.05, 0) is 25.7 Å². The van der Waals surface area contributed by atoms with Gasteiger partial charge in [0.05, 0.1) is 7.11 Å². The van der Waals surface area contributed by atoms with Crippen LogP contribution in [-0.2, 0) is 9.53 Å². The largest absolute Gasteiger partial charge is 0.469 e. The number of hydrogen-bond donors (Lipinski definition) is 0. The summed E-state index contributed by atoms with van der Waals surface area (Å²) in [4.78, 5) is 10.9. The SMILES string of the molecule is COC(=O)CCCC/C=C/C=C/CC[Si](C)(C)C. The molecule has 0 rings (SSSR count). The quantitative estimate of drug-likeness (QED) is 0.265. The van der Waals surface area contributed by atoms with Gasteiger partial charge in [-0.2, -0.15) is 0 Å². The fourth-order valence-electron chi connectivity index (χ4n) is 1.50. The van der Waals surface area contributed by atoms with Crippen LogP contribution in [0.4, 0.5) is 0 Å². The molecular formula is C15H28O2Si. The maximum atomic E-state index is 10.9. The van der Waals surface area contributed by atoms with Gasteiger partial charge in [-0.1, -0.05) is 50.0 Å². The van der Waals surface area contributed by atoms with E-state index in [1.165, 1.54) is 19.6 Å². The Kier molecular flexibility index (Phi) is 9.65. The van der Waals surface area contributed by atoms with Crippen molar-refractivity contribution in [2.75, 3.05) is 7.11 Å². The van der Waals surface area contributed by atoms with Crippen molar-refractivity contribution in [3.63, 3.8) is 0 Å². The third-order valence-corrected chi connectivity index (χ3v) is 4.46. The van der Waals surface area contributed by atoms with Crippen LogP contribution in [0.1, 0.15) is 32.1 Å². The van der Waals surface area contributed by atoms with Crippen LogP contribution in [0.2, 0.25) is 25.7 Å². The van der Waals surface area contributed by atoms with E-state index in [1.807, 2.05) is 0 Å². The molecule has 0 aromatic carbocycles. The number of allylic oxidation sites excluding steroid dienone is 4. The standard InChI is InChI=1S/C15H28O2Si/c1-17-15(16)13-11-9-7-5-6-8-10-12-14-18(2,3)4/h5-6,8,10H,7,9,11-14H2,1-4H3/b6-5+,10-8+. The Balaban J connectivity index is 3.43. The minimum Gasteiger partial charge on any atom is -0.469 e. The number of carbonyl (C=O) groups excluding carboxylic acids is 1. The van der Waals surface area contributed by atoms with E-state index in [9.17, 15) is 4.79 Å². The molecular weight excluding hydrogens is 240 g/mol. The van der Waals surface area contributed by atoms with Crippen molar-refractivity contribution in [1.29, 1.82) is 0 Å². The first-order valence-electron chi connectivity index (χ1n) is 6.84. The Bertz CT molecular complexity index is 275. The average Bonchev–Trinajstić information content (AvgIpc) is 2.29. The molecule has 104 valence electrons. The van der Waals surface area contributed by atoms with Crippen molar-refractivity contribution in [2.45, 2.75) is 57.8 Å². The lowest BCUT2D eigenvalue weighted by Gasteiger charge is -2.12. The molecule has 0 N–H and O–H groups in total. The highest BCUT2D eigenvalue weighted by molar-refractivity contribution is 6.76. The number of carbonyl (C=O) groups is 1. The van der Waals surface area contributed by atoms with Gasteiger partial charge in [0.2, 0.25) is 0 Å². The molecule has 0 aromatic heterocycles.